The Morgan fingerprint density at radius 2 is 2.00 bits per heavy atom. The molecule has 0 aliphatic heterocycles. The maximum absolute atomic E-state index is 12.7. The van der Waals surface area contributed by atoms with Gasteiger partial charge in [0.25, 0.3) is 5.91 Å². The van der Waals surface area contributed by atoms with Crippen molar-refractivity contribution in [3.63, 3.8) is 0 Å². The molecule has 0 aliphatic rings. The Kier molecular flexibility index (Phi) is 5.01. The van der Waals surface area contributed by atoms with Crippen LogP contribution in [0.25, 0.3) is 0 Å². The number of hydrogen-bond donors (Lipinski definition) is 2. The summed E-state index contributed by atoms with van der Waals surface area (Å²) in [5.74, 6) is -2.83. The van der Waals surface area contributed by atoms with Gasteiger partial charge < -0.3 is 10.4 Å². The molecule has 2 N–H and O–H groups in total. The average molecular weight is 264 g/mol. The van der Waals surface area contributed by atoms with Crippen LogP contribution in [0, 0.1) is 23.1 Å². The molecular formula is C13H13FN2O3. The normalized spacial score (nSPS) is 13.1. The fraction of sp³-hybridized carbons (Fsp3) is 0.308. The lowest BCUT2D eigenvalue weighted by atomic mass is 9.98. The number of halogens is 1. The number of aliphatic carboxylic acids is 1. The number of carbonyl (C=O) groups is 2. The molecule has 5 nitrogen and oxygen atoms in total. The van der Waals surface area contributed by atoms with Gasteiger partial charge in [0.05, 0.1) is 6.07 Å². The molecule has 0 bridgehead atoms. The van der Waals surface area contributed by atoms with Crippen LogP contribution in [0.3, 0.4) is 0 Å². The van der Waals surface area contributed by atoms with Crippen molar-refractivity contribution in [2.24, 2.45) is 5.92 Å². The molecule has 0 unspecified atom stereocenters. The molecule has 1 aromatic carbocycles. The number of benzene rings is 1. The van der Waals surface area contributed by atoms with Gasteiger partial charge in [0.1, 0.15) is 11.9 Å². The van der Waals surface area contributed by atoms with Crippen LogP contribution < -0.4 is 5.32 Å². The number of rotatable bonds is 5. The van der Waals surface area contributed by atoms with Crippen molar-refractivity contribution in [2.75, 3.05) is 0 Å². The quantitative estimate of drug-likeness (QED) is 0.844. The van der Waals surface area contributed by atoms with Crippen LogP contribution in [0.1, 0.15) is 23.7 Å². The summed E-state index contributed by atoms with van der Waals surface area (Å²) in [7, 11) is 0. The molecule has 19 heavy (non-hydrogen) atoms. The molecule has 2 atom stereocenters. The van der Waals surface area contributed by atoms with E-state index >= 15 is 0 Å². The molecule has 1 rings (SSSR count). The number of amides is 1. The first-order chi connectivity index (χ1) is 8.95. The van der Waals surface area contributed by atoms with E-state index in [4.69, 9.17) is 10.4 Å². The second-order valence-corrected chi connectivity index (χ2v) is 4.14. The van der Waals surface area contributed by atoms with Gasteiger partial charge in [0.2, 0.25) is 0 Å². The number of carbonyl (C=O) groups excluding carboxylic acids is 1. The highest BCUT2D eigenvalue weighted by Crippen LogP contribution is 2.10. The minimum absolute atomic E-state index is 0.0145. The predicted octanol–water partition coefficient (Wildman–Crippen LogP) is 1.56. The Bertz CT molecular complexity index is 508. The lowest BCUT2D eigenvalue weighted by molar-refractivity contribution is -0.140. The van der Waals surface area contributed by atoms with Crippen LogP contribution in [0.15, 0.2) is 24.3 Å². The van der Waals surface area contributed by atoms with Crippen LogP contribution in [0.5, 0.6) is 0 Å². The van der Waals surface area contributed by atoms with E-state index in [9.17, 15) is 14.0 Å². The number of nitrogens with one attached hydrogen (secondary N) is 1. The molecule has 100 valence electrons. The van der Waals surface area contributed by atoms with Gasteiger partial charge in [-0.1, -0.05) is 6.92 Å². The number of carboxylic acids is 1. The van der Waals surface area contributed by atoms with Gasteiger partial charge in [-0.15, -0.1) is 0 Å². The Labute approximate surface area is 109 Å². The predicted molar refractivity (Wildman–Crippen MR) is 64.7 cm³/mol. The first-order valence-electron chi connectivity index (χ1n) is 5.62. The highest BCUT2D eigenvalue weighted by molar-refractivity contribution is 5.96. The minimum atomic E-state index is -1.21. The number of hydrogen-bond acceptors (Lipinski definition) is 3. The van der Waals surface area contributed by atoms with E-state index in [-0.39, 0.29) is 12.0 Å². The van der Waals surface area contributed by atoms with Crippen LogP contribution in [-0.2, 0) is 4.79 Å². The summed E-state index contributed by atoms with van der Waals surface area (Å²) in [6.45, 7) is 1.56. The van der Waals surface area contributed by atoms with E-state index in [1.54, 1.807) is 6.92 Å². The van der Waals surface area contributed by atoms with Crippen LogP contribution in [0.2, 0.25) is 0 Å². The van der Waals surface area contributed by atoms with Crippen molar-refractivity contribution in [1.29, 1.82) is 5.26 Å². The summed E-state index contributed by atoms with van der Waals surface area (Å²) >= 11 is 0. The molecule has 0 saturated carbocycles. The average Bonchev–Trinajstić information content (AvgIpc) is 2.36. The molecule has 0 fully saturated rings. The van der Waals surface area contributed by atoms with Gasteiger partial charge >= 0.3 is 5.97 Å². The van der Waals surface area contributed by atoms with Gasteiger partial charge in [-0.3, -0.25) is 4.79 Å². The topological polar surface area (TPSA) is 90.2 Å². The minimum Gasteiger partial charge on any atom is -0.480 e. The van der Waals surface area contributed by atoms with Crippen LogP contribution in [-0.4, -0.2) is 23.0 Å². The molecule has 0 spiro atoms. The summed E-state index contributed by atoms with van der Waals surface area (Å²) < 4.78 is 12.7. The third-order valence-electron chi connectivity index (χ3n) is 2.64. The molecule has 0 aliphatic carbocycles. The molecule has 1 amide bonds. The highest BCUT2D eigenvalue weighted by atomic mass is 19.1. The van der Waals surface area contributed by atoms with Gasteiger partial charge in [-0.05, 0) is 24.3 Å². The lowest BCUT2D eigenvalue weighted by Crippen LogP contribution is -2.45. The van der Waals surface area contributed by atoms with Crippen molar-refractivity contribution in [3.05, 3.63) is 35.6 Å². The third-order valence-corrected chi connectivity index (χ3v) is 2.64. The van der Waals surface area contributed by atoms with E-state index in [0.717, 1.165) is 12.1 Å². The highest BCUT2D eigenvalue weighted by Gasteiger charge is 2.26. The molecule has 0 radical (unpaired) electrons. The standard InChI is InChI=1S/C13H13FN2O3/c1-8(6-7-15)11(13(18)19)16-12(17)9-2-4-10(14)5-3-9/h2-5,8,11H,6H2,1H3,(H,16,17)(H,18,19)/t8-,11-/m0/s1. The zero-order chi connectivity index (χ0) is 14.4. The first-order valence-corrected chi connectivity index (χ1v) is 5.62. The summed E-state index contributed by atoms with van der Waals surface area (Å²) in [5, 5.41) is 19.9. The largest absolute Gasteiger partial charge is 0.480 e. The van der Waals surface area contributed by atoms with E-state index in [2.05, 4.69) is 5.32 Å². The van der Waals surface area contributed by atoms with Crippen molar-refractivity contribution in [1.82, 2.24) is 5.32 Å². The molecule has 0 saturated heterocycles. The summed E-state index contributed by atoms with van der Waals surface area (Å²) in [6, 6.07) is 5.46. The lowest BCUT2D eigenvalue weighted by Gasteiger charge is -2.19. The molecular weight excluding hydrogens is 251 g/mol. The van der Waals surface area contributed by atoms with Gasteiger partial charge in [0, 0.05) is 17.9 Å². The zero-order valence-corrected chi connectivity index (χ0v) is 10.3. The summed E-state index contributed by atoms with van der Waals surface area (Å²) in [6.07, 6.45) is 0.0145. The van der Waals surface area contributed by atoms with Crippen molar-refractivity contribution in [2.45, 2.75) is 19.4 Å². The van der Waals surface area contributed by atoms with Crippen molar-refractivity contribution < 1.29 is 19.1 Å². The number of nitriles is 1. The smallest absolute Gasteiger partial charge is 0.326 e. The maximum Gasteiger partial charge on any atom is 0.326 e. The Hall–Kier alpha value is -2.42. The third kappa shape index (κ3) is 4.07. The van der Waals surface area contributed by atoms with Gasteiger partial charge in [-0.2, -0.15) is 5.26 Å². The van der Waals surface area contributed by atoms with E-state index in [1.807, 2.05) is 6.07 Å². The molecule has 6 heteroatoms. The number of nitrogens with zero attached hydrogens (tertiary/aromatic N) is 1. The van der Waals surface area contributed by atoms with Crippen LogP contribution >= 0.6 is 0 Å². The second kappa shape index (κ2) is 6.50. The van der Waals surface area contributed by atoms with Crippen LogP contribution in [0.4, 0.5) is 4.39 Å². The molecule has 1 aromatic rings. The maximum atomic E-state index is 12.7. The SMILES string of the molecule is C[C@@H](CC#N)[C@H](NC(=O)c1ccc(F)cc1)C(=O)O. The summed E-state index contributed by atoms with van der Waals surface area (Å²) in [4.78, 5) is 22.9. The van der Waals surface area contributed by atoms with Crippen molar-refractivity contribution >= 4 is 11.9 Å². The zero-order valence-electron chi connectivity index (χ0n) is 10.3. The first kappa shape index (κ1) is 14.6. The van der Waals surface area contributed by atoms with Gasteiger partial charge in [0.15, 0.2) is 0 Å². The van der Waals surface area contributed by atoms with E-state index in [1.165, 1.54) is 12.1 Å². The van der Waals surface area contributed by atoms with Gasteiger partial charge in [-0.25, -0.2) is 9.18 Å². The fourth-order valence-corrected chi connectivity index (χ4v) is 1.54. The molecule has 0 heterocycles. The molecule has 0 aromatic heterocycles. The monoisotopic (exact) mass is 264 g/mol. The Morgan fingerprint density at radius 1 is 1.42 bits per heavy atom. The second-order valence-electron chi connectivity index (χ2n) is 4.14. The Balaban J connectivity index is 2.80. The van der Waals surface area contributed by atoms with Crippen molar-refractivity contribution in [3.8, 4) is 6.07 Å². The summed E-state index contributed by atoms with van der Waals surface area (Å²) in [5.41, 5.74) is 0.164. The van der Waals surface area contributed by atoms with E-state index in [0.29, 0.717) is 0 Å². The Morgan fingerprint density at radius 3 is 2.47 bits per heavy atom. The van der Waals surface area contributed by atoms with E-state index < -0.39 is 29.7 Å². The fourth-order valence-electron chi connectivity index (χ4n) is 1.54. The number of carboxylic acid groups (broad SMARTS) is 1.